The highest BCUT2D eigenvalue weighted by atomic mass is 127. The van der Waals surface area contributed by atoms with Gasteiger partial charge in [0.15, 0.2) is 5.96 Å². The Morgan fingerprint density at radius 1 is 1.09 bits per heavy atom. The second-order valence-corrected chi connectivity index (χ2v) is 7.22. The van der Waals surface area contributed by atoms with Gasteiger partial charge in [-0.05, 0) is 41.8 Å². The van der Waals surface area contributed by atoms with Gasteiger partial charge in [0.1, 0.15) is 5.75 Å². The van der Waals surface area contributed by atoms with Gasteiger partial charge in [-0.25, -0.2) is 0 Å². The first-order chi connectivity index (χ1) is 15.1. The van der Waals surface area contributed by atoms with Crippen LogP contribution in [0.25, 0.3) is 0 Å². The molecule has 1 heterocycles. The Morgan fingerprint density at radius 3 is 2.41 bits per heavy atom. The monoisotopic (exact) mass is 551 g/mol. The summed E-state index contributed by atoms with van der Waals surface area (Å²) in [5.74, 6) is 1.33. The fourth-order valence-electron chi connectivity index (χ4n) is 3.28. The number of ether oxygens (including phenoxy) is 1. The first-order valence-corrected chi connectivity index (χ1v) is 10.3. The van der Waals surface area contributed by atoms with E-state index in [1.165, 1.54) is 5.56 Å². The van der Waals surface area contributed by atoms with Crippen LogP contribution < -0.4 is 20.7 Å². The van der Waals surface area contributed by atoms with E-state index < -0.39 is 0 Å². The van der Waals surface area contributed by atoms with Gasteiger partial charge in [0.05, 0.1) is 13.7 Å². The number of rotatable bonds is 7. The minimum absolute atomic E-state index is 0. The fraction of sp³-hybridized carbons (Fsp3) is 0.348. The van der Waals surface area contributed by atoms with Gasteiger partial charge in [0, 0.05) is 38.8 Å². The SMILES string of the molecule is CN=C(NCCc1ccc(OC)cc1)NCc1ccc(C(=O)N2CCNC(=O)C2)cc1.I. The third kappa shape index (κ3) is 7.40. The predicted octanol–water partition coefficient (Wildman–Crippen LogP) is 1.79. The molecule has 0 radical (unpaired) electrons. The normalized spacial score (nSPS) is 13.6. The number of guanidine groups is 1. The van der Waals surface area contributed by atoms with Crippen molar-refractivity contribution in [1.29, 1.82) is 0 Å². The van der Waals surface area contributed by atoms with E-state index in [-0.39, 0.29) is 42.3 Å². The molecule has 1 aliphatic heterocycles. The molecule has 2 aromatic rings. The molecule has 3 rings (SSSR count). The van der Waals surface area contributed by atoms with E-state index in [4.69, 9.17) is 4.74 Å². The Hall–Kier alpha value is -2.82. The Balaban J connectivity index is 0.00000363. The summed E-state index contributed by atoms with van der Waals surface area (Å²) in [6.45, 7) is 2.48. The standard InChI is InChI=1S/C23H29N5O3.HI/c1-24-23(26-12-11-17-5-9-20(31-2)10-6-17)27-15-18-3-7-19(8-4-18)22(30)28-14-13-25-21(29)16-28;/h3-10H,11-16H2,1-2H3,(H,25,29)(H2,24,26,27);1H. The average molecular weight is 551 g/mol. The molecule has 1 aliphatic rings. The molecule has 1 fully saturated rings. The maximum absolute atomic E-state index is 12.5. The Bertz CT molecular complexity index is 916. The molecule has 8 nitrogen and oxygen atoms in total. The van der Waals surface area contributed by atoms with Crippen molar-refractivity contribution in [3.8, 4) is 5.75 Å². The fourth-order valence-corrected chi connectivity index (χ4v) is 3.28. The number of methoxy groups -OCH3 is 1. The van der Waals surface area contributed by atoms with Crippen LogP contribution in [0, 0.1) is 0 Å². The molecule has 0 aliphatic carbocycles. The van der Waals surface area contributed by atoms with Crippen LogP contribution in [0.5, 0.6) is 5.75 Å². The summed E-state index contributed by atoms with van der Waals surface area (Å²) in [5.41, 5.74) is 2.83. The number of piperazine rings is 1. The largest absolute Gasteiger partial charge is 0.497 e. The molecule has 0 saturated carbocycles. The zero-order valence-corrected chi connectivity index (χ0v) is 20.7. The molecule has 172 valence electrons. The number of benzene rings is 2. The van der Waals surface area contributed by atoms with Gasteiger partial charge in [-0.15, -0.1) is 24.0 Å². The highest BCUT2D eigenvalue weighted by Gasteiger charge is 2.22. The smallest absolute Gasteiger partial charge is 0.254 e. The van der Waals surface area contributed by atoms with E-state index in [0.717, 1.165) is 24.3 Å². The summed E-state index contributed by atoms with van der Waals surface area (Å²) in [6, 6.07) is 15.4. The van der Waals surface area contributed by atoms with Gasteiger partial charge in [0.2, 0.25) is 5.91 Å². The van der Waals surface area contributed by atoms with Gasteiger partial charge in [-0.3, -0.25) is 14.6 Å². The topological polar surface area (TPSA) is 95.1 Å². The van der Waals surface area contributed by atoms with E-state index in [2.05, 4.69) is 33.1 Å². The molecular formula is C23H30IN5O3. The summed E-state index contributed by atoms with van der Waals surface area (Å²) < 4.78 is 5.18. The van der Waals surface area contributed by atoms with Gasteiger partial charge in [-0.2, -0.15) is 0 Å². The maximum atomic E-state index is 12.5. The Labute approximate surface area is 205 Å². The van der Waals surface area contributed by atoms with Crippen LogP contribution in [0.1, 0.15) is 21.5 Å². The highest BCUT2D eigenvalue weighted by Crippen LogP contribution is 2.11. The second-order valence-electron chi connectivity index (χ2n) is 7.22. The van der Waals surface area contributed by atoms with Crippen LogP contribution in [0.15, 0.2) is 53.5 Å². The van der Waals surface area contributed by atoms with Crippen LogP contribution in [0.4, 0.5) is 0 Å². The zero-order valence-electron chi connectivity index (χ0n) is 18.4. The molecule has 9 heteroatoms. The lowest BCUT2D eigenvalue weighted by atomic mass is 10.1. The van der Waals surface area contributed by atoms with Gasteiger partial charge in [-0.1, -0.05) is 24.3 Å². The van der Waals surface area contributed by atoms with Gasteiger partial charge >= 0.3 is 0 Å². The molecule has 3 N–H and O–H groups in total. The number of hydrogen-bond acceptors (Lipinski definition) is 4. The van der Waals surface area contributed by atoms with E-state index in [1.807, 2.05) is 24.3 Å². The molecule has 1 saturated heterocycles. The van der Waals surface area contributed by atoms with Crippen LogP contribution in [0.2, 0.25) is 0 Å². The first-order valence-electron chi connectivity index (χ1n) is 10.3. The Morgan fingerprint density at radius 2 is 1.78 bits per heavy atom. The highest BCUT2D eigenvalue weighted by molar-refractivity contribution is 14.0. The molecule has 2 aromatic carbocycles. The molecule has 0 spiro atoms. The van der Waals surface area contributed by atoms with Crippen molar-refractivity contribution in [2.24, 2.45) is 4.99 Å². The third-order valence-electron chi connectivity index (χ3n) is 5.08. The molecular weight excluding hydrogens is 521 g/mol. The minimum atomic E-state index is -0.120. The number of carbonyl (C=O) groups excluding carboxylic acids is 2. The minimum Gasteiger partial charge on any atom is -0.497 e. The van der Waals surface area contributed by atoms with E-state index in [0.29, 0.717) is 31.2 Å². The number of nitrogens with zero attached hydrogens (tertiary/aromatic N) is 2. The van der Waals surface area contributed by atoms with Crippen molar-refractivity contribution in [2.45, 2.75) is 13.0 Å². The van der Waals surface area contributed by atoms with Crippen molar-refractivity contribution in [3.05, 3.63) is 65.2 Å². The van der Waals surface area contributed by atoms with E-state index in [1.54, 1.807) is 31.2 Å². The van der Waals surface area contributed by atoms with E-state index >= 15 is 0 Å². The van der Waals surface area contributed by atoms with Crippen LogP contribution in [-0.4, -0.2) is 63.0 Å². The Kier molecular flexibility index (Phi) is 10.3. The summed E-state index contributed by atoms with van der Waals surface area (Å²) >= 11 is 0. The average Bonchev–Trinajstić information content (AvgIpc) is 2.81. The molecule has 0 aromatic heterocycles. The van der Waals surface area contributed by atoms with Crippen molar-refractivity contribution in [2.75, 3.05) is 40.3 Å². The van der Waals surface area contributed by atoms with Gasteiger partial charge < -0.3 is 25.6 Å². The number of hydrogen-bond donors (Lipinski definition) is 3. The first kappa shape index (κ1) is 25.4. The van der Waals surface area contributed by atoms with Crippen molar-refractivity contribution in [1.82, 2.24) is 20.9 Å². The number of amides is 2. The van der Waals surface area contributed by atoms with Crippen LogP contribution in [0.3, 0.4) is 0 Å². The maximum Gasteiger partial charge on any atom is 0.254 e. The predicted molar refractivity (Wildman–Crippen MR) is 136 cm³/mol. The molecule has 2 amide bonds. The van der Waals surface area contributed by atoms with Gasteiger partial charge in [0.25, 0.3) is 5.91 Å². The van der Waals surface area contributed by atoms with Crippen molar-refractivity contribution < 1.29 is 14.3 Å². The lowest BCUT2D eigenvalue weighted by molar-refractivity contribution is -0.123. The molecule has 0 atom stereocenters. The lowest BCUT2D eigenvalue weighted by Gasteiger charge is -2.26. The van der Waals surface area contributed by atoms with E-state index in [9.17, 15) is 9.59 Å². The second kappa shape index (κ2) is 12.9. The van der Waals surface area contributed by atoms with Crippen molar-refractivity contribution in [3.63, 3.8) is 0 Å². The lowest BCUT2D eigenvalue weighted by Crippen LogP contribution is -2.49. The number of aliphatic imine (C=N–C) groups is 1. The number of halogens is 1. The summed E-state index contributed by atoms with van der Waals surface area (Å²) in [5, 5.41) is 9.31. The quantitative estimate of drug-likeness (QED) is 0.277. The van der Waals surface area contributed by atoms with Crippen LogP contribution >= 0.6 is 24.0 Å². The summed E-state index contributed by atoms with van der Waals surface area (Å²) in [7, 11) is 3.39. The summed E-state index contributed by atoms with van der Waals surface area (Å²) in [6.07, 6.45) is 0.871. The molecule has 32 heavy (non-hydrogen) atoms. The van der Waals surface area contributed by atoms with Crippen molar-refractivity contribution >= 4 is 41.8 Å². The molecule has 0 unspecified atom stereocenters. The number of carbonyl (C=O) groups is 2. The zero-order chi connectivity index (χ0) is 22.1. The summed E-state index contributed by atoms with van der Waals surface area (Å²) in [4.78, 5) is 29.8. The van der Waals surface area contributed by atoms with Crippen LogP contribution in [-0.2, 0) is 17.8 Å². The molecule has 0 bridgehead atoms. The third-order valence-corrected chi connectivity index (χ3v) is 5.08. The number of nitrogens with one attached hydrogen (secondary N) is 3.